The van der Waals surface area contributed by atoms with Crippen LogP contribution in [0, 0.1) is 11.8 Å². The van der Waals surface area contributed by atoms with Crippen LogP contribution < -0.4 is 4.90 Å². The highest BCUT2D eigenvalue weighted by Gasteiger charge is 2.27. The molecular weight excluding hydrogens is 404 g/mol. The van der Waals surface area contributed by atoms with Gasteiger partial charge in [0.15, 0.2) is 5.16 Å². The lowest BCUT2D eigenvalue weighted by Crippen LogP contribution is -2.40. The fourth-order valence-electron chi connectivity index (χ4n) is 3.56. The Balaban J connectivity index is 1.60. The van der Waals surface area contributed by atoms with Crippen LogP contribution in [0.1, 0.15) is 31.7 Å². The van der Waals surface area contributed by atoms with E-state index in [9.17, 15) is 0 Å². The number of anilines is 1. The molecular formula is C17H21ClN6OS2. The van der Waals surface area contributed by atoms with Gasteiger partial charge in [-0.15, -0.1) is 15.3 Å². The topological polar surface area (TPSA) is 72.9 Å². The van der Waals surface area contributed by atoms with E-state index < -0.39 is 0 Å². The molecule has 3 aromatic heterocycles. The van der Waals surface area contributed by atoms with Crippen LogP contribution in [0.4, 0.5) is 5.95 Å². The van der Waals surface area contributed by atoms with Crippen molar-refractivity contribution in [3.05, 3.63) is 34.2 Å². The Kier molecular flexibility index (Phi) is 5.70. The molecule has 4 heterocycles. The van der Waals surface area contributed by atoms with Crippen molar-refractivity contribution >= 4 is 40.8 Å². The lowest BCUT2D eigenvalue weighted by atomic mass is 9.92. The van der Waals surface area contributed by atoms with Crippen LogP contribution in [0.3, 0.4) is 0 Å². The molecule has 27 heavy (non-hydrogen) atoms. The predicted octanol–water partition coefficient (Wildman–Crippen LogP) is 4.20. The zero-order valence-electron chi connectivity index (χ0n) is 15.2. The molecule has 1 aliphatic rings. The number of piperidine rings is 1. The molecule has 4 rings (SSSR count). The maximum Gasteiger partial charge on any atom is 0.228 e. The van der Waals surface area contributed by atoms with Gasteiger partial charge in [-0.1, -0.05) is 41.7 Å². The van der Waals surface area contributed by atoms with E-state index >= 15 is 0 Å². The highest BCUT2D eigenvalue weighted by atomic mass is 35.5. The molecule has 0 spiro atoms. The number of hydrogen-bond acceptors (Lipinski definition) is 8. The molecule has 7 nitrogen and oxygen atoms in total. The summed E-state index contributed by atoms with van der Waals surface area (Å²) in [5.41, 5.74) is 0.779. The van der Waals surface area contributed by atoms with Crippen molar-refractivity contribution in [2.45, 2.75) is 37.7 Å². The van der Waals surface area contributed by atoms with E-state index in [1.165, 1.54) is 18.0 Å². The second kappa shape index (κ2) is 8.20. The summed E-state index contributed by atoms with van der Waals surface area (Å²) in [5.74, 6) is 3.66. The molecule has 144 valence electrons. The van der Waals surface area contributed by atoms with Gasteiger partial charge in [0.25, 0.3) is 0 Å². The first kappa shape index (κ1) is 18.8. The van der Waals surface area contributed by atoms with Gasteiger partial charge < -0.3 is 9.32 Å². The van der Waals surface area contributed by atoms with Gasteiger partial charge >= 0.3 is 0 Å². The van der Waals surface area contributed by atoms with E-state index in [-0.39, 0.29) is 0 Å². The van der Waals surface area contributed by atoms with Crippen LogP contribution in [0.5, 0.6) is 0 Å². The minimum Gasteiger partial charge on any atom is -0.467 e. The summed E-state index contributed by atoms with van der Waals surface area (Å²) in [6.07, 6.45) is 2.94. The van der Waals surface area contributed by atoms with Crippen molar-refractivity contribution in [3.8, 4) is 0 Å². The van der Waals surface area contributed by atoms with E-state index in [0.29, 0.717) is 28.5 Å². The van der Waals surface area contributed by atoms with Crippen molar-refractivity contribution < 1.29 is 4.42 Å². The minimum atomic E-state index is 0.597. The monoisotopic (exact) mass is 424 g/mol. The molecule has 0 saturated carbocycles. The molecule has 2 atom stereocenters. The number of furan rings is 1. The summed E-state index contributed by atoms with van der Waals surface area (Å²) < 4.78 is 12.2. The molecule has 0 bridgehead atoms. The Hall–Kier alpha value is -1.58. The van der Waals surface area contributed by atoms with Crippen LogP contribution in [0.15, 0.2) is 28.0 Å². The fourth-order valence-corrected chi connectivity index (χ4v) is 5.23. The summed E-state index contributed by atoms with van der Waals surface area (Å²) in [6, 6.07) is 3.87. The first-order chi connectivity index (χ1) is 13.1. The third-order valence-corrected chi connectivity index (χ3v) is 6.55. The highest BCUT2D eigenvalue weighted by molar-refractivity contribution is 7.98. The van der Waals surface area contributed by atoms with Crippen LogP contribution >= 0.6 is 34.9 Å². The molecule has 1 saturated heterocycles. The summed E-state index contributed by atoms with van der Waals surface area (Å²) in [7, 11) is 0. The smallest absolute Gasteiger partial charge is 0.228 e. The van der Waals surface area contributed by atoms with Crippen LogP contribution in [0.2, 0.25) is 4.34 Å². The maximum atomic E-state index is 6.13. The molecule has 3 aromatic rings. The summed E-state index contributed by atoms with van der Waals surface area (Å²) in [4.78, 5) is 2.34. The molecule has 0 aliphatic carbocycles. The summed E-state index contributed by atoms with van der Waals surface area (Å²) in [5, 5.41) is 13.9. The van der Waals surface area contributed by atoms with E-state index in [4.69, 9.17) is 16.0 Å². The zero-order valence-corrected chi connectivity index (χ0v) is 17.6. The largest absolute Gasteiger partial charge is 0.467 e. The SMILES string of the molecule is CC1CC(C)CN(c2nnc(SCc3nnsc3Cl)n2Cc2ccco2)C1. The Morgan fingerprint density at radius 2 is 2.07 bits per heavy atom. The molecule has 2 unspecified atom stereocenters. The van der Waals surface area contributed by atoms with Gasteiger partial charge in [-0.05, 0) is 30.4 Å². The highest BCUT2D eigenvalue weighted by Crippen LogP contribution is 2.31. The fraction of sp³-hybridized carbons (Fsp3) is 0.529. The number of halogens is 1. The van der Waals surface area contributed by atoms with Crippen molar-refractivity contribution in [2.75, 3.05) is 18.0 Å². The molecule has 1 fully saturated rings. The average Bonchev–Trinajstić information content (AvgIpc) is 3.35. The van der Waals surface area contributed by atoms with Gasteiger partial charge in [-0.2, -0.15) is 0 Å². The first-order valence-electron chi connectivity index (χ1n) is 8.90. The molecule has 0 N–H and O–H groups in total. The van der Waals surface area contributed by atoms with E-state index in [1.54, 1.807) is 18.0 Å². The van der Waals surface area contributed by atoms with Gasteiger partial charge in [-0.3, -0.25) is 4.57 Å². The molecule has 1 aliphatic heterocycles. The van der Waals surface area contributed by atoms with Gasteiger partial charge in [0, 0.05) is 30.4 Å². The zero-order chi connectivity index (χ0) is 18.8. The first-order valence-corrected chi connectivity index (χ1v) is 11.0. The van der Waals surface area contributed by atoms with Crippen molar-refractivity contribution in [1.82, 2.24) is 24.4 Å². The number of thioether (sulfide) groups is 1. The predicted molar refractivity (Wildman–Crippen MR) is 107 cm³/mol. The lowest BCUT2D eigenvalue weighted by Gasteiger charge is -2.35. The minimum absolute atomic E-state index is 0.597. The Morgan fingerprint density at radius 1 is 1.26 bits per heavy atom. The normalized spacial score (nSPS) is 20.3. The van der Waals surface area contributed by atoms with Crippen molar-refractivity contribution in [3.63, 3.8) is 0 Å². The van der Waals surface area contributed by atoms with Crippen LogP contribution in [0.25, 0.3) is 0 Å². The Bertz CT molecular complexity index is 870. The number of aromatic nitrogens is 5. The number of nitrogens with zero attached hydrogens (tertiary/aromatic N) is 6. The van der Waals surface area contributed by atoms with E-state index in [2.05, 4.69) is 43.1 Å². The summed E-state index contributed by atoms with van der Waals surface area (Å²) in [6.45, 7) is 7.17. The van der Waals surface area contributed by atoms with Crippen molar-refractivity contribution in [1.29, 1.82) is 0 Å². The molecule has 0 amide bonds. The lowest BCUT2D eigenvalue weighted by molar-refractivity contribution is 0.350. The van der Waals surface area contributed by atoms with E-state index in [1.807, 2.05) is 12.1 Å². The van der Waals surface area contributed by atoms with Crippen LogP contribution in [-0.4, -0.2) is 37.4 Å². The molecule has 0 radical (unpaired) electrons. The van der Waals surface area contributed by atoms with Gasteiger partial charge in [0.2, 0.25) is 5.95 Å². The molecule has 0 aromatic carbocycles. The Morgan fingerprint density at radius 3 is 2.74 bits per heavy atom. The maximum absolute atomic E-state index is 6.13. The average molecular weight is 425 g/mol. The van der Waals surface area contributed by atoms with Crippen LogP contribution in [-0.2, 0) is 12.3 Å². The van der Waals surface area contributed by atoms with Crippen molar-refractivity contribution in [2.24, 2.45) is 11.8 Å². The summed E-state index contributed by atoms with van der Waals surface area (Å²) >= 11 is 8.90. The van der Waals surface area contributed by atoms with E-state index in [0.717, 1.165) is 35.6 Å². The number of rotatable bonds is 6. The third-order valence-electron chi connectivity index (χ3n) is 4.59. The third kappa shape index (κ3) is 4.30. The second-order valence-corrected chi connectivity index (χ2v) is 9.38. The quantitative estimate of drug-likeness (QED) is 0.549. The second-order valence-electron chi connectivity index (χ2n) is 7.08. The number of hydrogen-bond donors (Lipinski definition) is 0. The Labute approximate surface area is 171 Å². The molecule has 10 heteroatoms. The van der Waals surface area contributed by atoms with Gasteiger partial charge in [0.1, 0.15) is 15.8 Å². The van der Waals surface area contributed by atoms with Gasteiger partial charge in [0.05, 0.1) is 12.8 Å². The van der Waals surface area contributed by atoms with Gasteiger partial charge in [-0.25, -0.2) is 0 Å². The standard InChI is InChI=1S/C17H21ClN6OS2/c1-11-6-12(2)8-23(7-11)16-20-21-17(24(16)9-13-4-3-5-25-13)26-10-14-15(18)27-22-19-14/h3-5,11-12H,6-10H2,1-2H3.